The van der Waals surface area contributed by atoms with Crippen molar-refractivity contribution in [3.8, 4) is 6.07 Å². The summed E-state index contributed by atoms with van der Waals surface area (Å²) in [6, 6.07) is 2.66. The normalized spacial score (nSPS) is 23.5. The van der Waals surface area contributed by atoms with Gasteiger partial charge in [-0.3, -0.25) is 0 Å². The lowest BCUT2D eigenvalue weighted by Gasteiger charge is -2.35. The summed E-state index contributed by atoms with van der Waals surface area (Å²) in [5.74, 6) is 0. The number of nitrogens with zero attached hydrogens (tertiary/aromatic N) is 2. The molecule has 2 rings (SSSR count). The van der Waals surface area contributed by atoms with Crippen LogP contribution in [0, 0.1) is 11.3 Å². The molecule has 0 bridgehead atoms. The van der Waals surface area contributed by atoms with Crippen molar-refractivity contribution in [1.82, 2.24) is 4.90 Å². The Morgan fingerprint density at radius 3 is 2.74 bits per heavy atom. The number of halogens is 4. The van der Waals surface area contributed by atoms with Crippen LogP contribution < -0.4 is 5.32 Å². The first-order chi connectivity index (χ1) is 10.8. The highest BCUT2D eigenvalue weighted by Gasteiger charge is 2.50. The zero-order valence-corrected chi connectivity index (χ0v) is 13.7. The third-order valence-corrected chi connectivity index (χ3v) is 4.58. The minimum atomic E-state index is -3.47. The number of nitrogens with one attached hydrogen (secondary N) is 1. The van der Waals surface area contributed by atoms with Crippen molar-refractivity contribution in [1.29, 1.82) is 5.26 Å². The van der Waals surface area contributed by atoms with Crippen molar-refractivity contribution in [2.45, 2.75) is 51.0 Å². The standard InChI is InChI=1S/C16H19ClF3N3/c1-3-15-14(6-7-23(15)16(19,20)10(2)18)22-12-5-4-11(9-21)13(17)8-12/h4-5,8,10,14-15,22H,3,6-7H2,1-2H3/t10-,14-,15?/m0/s1. The summed E-state index contributed by atoms with van der Waals surface area (Å²) in [5.41, 5.74) is 1.02. The van der Waals surface area contributed by atoms with Gasteiger partial charge in [-0.25, -0.2) is 9.29 Å². The number of hydrogen-bond acceptors (Lipinski definition) is 3. The lowest BCUT2D eigenvalue weighted by atomic mass is 10.1. The maximum Gasteiger partial charge on any atom is 0.335 e. The lowest BCUT2D eigenvalue weighted by molar-refractivity contribution is -0.193. The topological polar surface area (TPSA) is 39.1 Å². The second kappa shape index (κ2) is 6.98. The number of alkyl halides is 3. The van der Waals surface area contributed by atoms with E-state index < -0.39 is 18.3 Å². The van der Waals surface area contributed by atoms with Crippen molar-refractivity contribution in [3.05, 3.63) is 28.8 Å². The summed E-state index contributed by atoms with van der Waals surface area (Å²) in [6.45, 7) is 2.82. The predicted octanol–water partition coefficient (Wildman–Crippen LogP) is 4.43. The van der Waals surface area contributed by atoms with Crippen LogP contribution >= 0.6 is 11.6 Å². The molecule has 1 heterocycles. The molecule has 7 heteroatoms. The second-order valence-electron chi connectivity index (χ2n) is 5.72. The Hall–Kier alpha value is -1.45. The van der Waals surface area contributed by atoms with E-state index in [1.807, 2.05) is 13.0 Å². The van der Waals surface area contributed by atoms with Gasteiger partial charge in [-0.1, -0.05) is 18.5 Å². The van der Waals surface area contributed by atoms with Crippen LogP contribution in [-0.4, -0.2) is 35.7 Å². The Labute approximate surface area is 139 Å². The van der Waals surface area contributed by atoms with Gasteiger partial charge in [0.2, 0.25) is 0 Å². The first-order valence-electron chi connectivity index (χ1n) is 7.56. The third kappa shape index (κ3) is 3.56. The molecule has 0 radical (unpaired) electrons. The summed E-state index contributed by atoms with van der Waals surface area (Å²) in [4.78, 5) is 0.945. The van der Waals surface area contributed by atoms with Gasteiger partial charge in [0.1, 0.15) is 6.07 Å². The van der Waals surface area contributed by atoms with E-state index in [1.165, 1.54) is 0 Å². The van der Waals surface area contributed by atoms with E-state index in [4.69, 9.17) is 16.9 Å². The molecule has 0 amide bonds. The molecule has 0 spiro atoms. The SMILES string of the molecule is CCC1[C@@H](Nc2ccc(C#N)c(Cl)c2)CCN1C(F)(F)[C@H](C)F. The van der Waals surface area contributed by atoms with Gasteiger partial charge in [-0.15, -0.1) is 0 Å². The lowest BCUT2D eigenvalue weighted by Crippen LogP contribution is -2.52. The maximum absolute atomic E-state index is 14.0. The Bertz CT molecular complexity index is 601. The summed E-state index contributed by atoms with van der Waals surface area (Å²) in [5, 5.41) is 12.4. The highest BCUT2D eigenvalue weighted by atomic mass is 35.5. The van der Waals surface area contributed by atoms with Crippen LogP contribution in [-0.2, 0) is 0 Å². The number of likely N-dealkylation sites (tertiary alicyclic amines) is 1. The smallest absolute Gasteiger partial charge is 0.335 e. The number of hydrogen-bond donors (Lipinski definition) is 1. The molecule has 1 aromatic carbocycles. The molecule has 1 aromatic rings. The van der Waals surface area contributed by atoms with E-state index in [2.05, 4.69) is 5.32 Å². The van der Waals surface area contributed by atoms with E-state index in [0.717, 1.165) is 11.8 Å². The predicted molar refractivity (Wildman–Crippen MR) is 84.5 cm³/mol. The van der Waals surface area contributed by atoms with Crippen LogP contribution in [0.3, 0.4) is 0 Å². The van der Waals surface area contributed by atoms with E-state index in [9.17, 15) is 13.2 Å². The molecule has 1 aliphatic heterocycles. The van der Waals surface area contributed by atoms with Crippen molar-refractivity contribution < 1.29 is 13.2 Å². The zero-order chi connectivity index (χ0) is 17.2. The van der Waals surface area contributed by atoms with Crippen LogP contribution in [0.25, 0.3) is 0 Å². The third-order valence-electron chi connectivity index (χ3n) is 4.27. The highest BCUT2D eigenvalue weighted by Crippen LogP contribution is 2.36. The average molecular weight is 346 g/mol. The van der Waals surface area contributed by atoms with Crippen LogP contribution in [0.2, 0.25) is 5.02 Å². The minimum Gasteiger partial charge on any atom is -0.381 e. The van der Waals surface area contributed by atoms with Gasteiger partial charge in [-0.05, 0) is 38.0 Å². The van der Waals surface area contributed by atoms with Crippen LogP contribution in [0.5, 0.6) is 0 Å². The van der Waals surface area contributed by atoms with Crippen molar-refractivity contribution in [3.63, 3.8) is 0 Å². The van der Waals surface area contributed by atoms with Gasteiger partial charge in [0, 0.05) is 24.3 Å². The van der Waals surface area contributed by atoms with E-state index in [-0.39, 0.29) is 12.6 Å². The molecule has 1 aliphatic rings. The molecule has 1 N–H and O–H groups in total. The number of benzene rings is 1. The quantitative estimate of drug-likeness (QED) is 0.802. The molecule has 1 fully saturated rings. The molecular weight excluding hydrogens is 327 g/mol. The first-order valence-corrected chi connectivity index (χ1v) is 7.93. The van der Waals surface area contributed by atoms with Gasteiger partial charge in [0.25, 0.3) is 0 Å². The summed E-state index contributed by atoms with van der Waals surface area (Å²) in [6.07, 6.45) is -1.26. The molecule has 3 nitrogen and oxygen atoms in total. The largest absolute Gasteiger partial charge is 0.381 e. The number of anilines is 1. The molecule has 1 saturated heterocycles. The molecule has 23 heavy (non-hydrogen) atoms. The number of nitriles is 1. The van der Waals surface area contributed by atoms with Crippen LogP contribution in [0.4, 0.5) is 18.9 Å². The molecule has 0 aliphatic carbocycles. The van der Waals surface area contributed by atoms with Crippen molar-refractivity contribution >= 4 is 17.3 Å². The average Bonchev–Trinajstić information content (AvgIpc) is 2.90. The highest BCUT2D eigenvalue weighted by molar-refractivity contribution is 6.32. The maximum atomic E-state index is 14.0. The molecule has 1 unspecified atom stereocenters. The van der Waals surface area contributed by atoms with Crippen molar-refractivity contribution in [2.75, 3.05) is 11.9 Å². The molecule has 0 aromatic heterocycles. The van der Waals surface area contributed by atoms with Gasteiger partial charge >= 0.3 is 6.05 Å². The molecule has 126 valence electrons. The van der Waals surface area contributed by atoms with Gasteiger partial charge in [0.15, 0.2) is 6.17 Å². The van der Waals surface area contributed by atoms with E-state index in [0.29, 0.717) is 29.1 Å². The molecule has 0 saturated carbocycles. The van der Waals surface area contributed by atoms with Crippen LogP contribution in [0.15, 0.2) is 18.2 Å². The van der Waals surface area contributed by atoms with Crippen LogP contribution in [0.1, 0.15) is 32.3 Å². The fraction of sp³-hybridized carbons (Fsp3) is 0.562. The summed E-state index contributed by atoms with van der Waals surface area (Å²) >= 11 is 5.99. The van der Waals surface area contributed by atoms with E-state index in [1.54, 1.807) is 18.2 Å². The Morgan fingerprint density at radius 1 is 1.52 bits per heavy atom. The van der Waals surface area contributed by atoms with Crippen molar-refractivity contribution in [2.24, 2.45) is 0 Å². The zero-order valence-electron chi connectivity index (χ0n) is 13.0. The van der Waals surface area contributed by atoms with Gasteiger partial charge < -0.3 is 5.32 Å². The van der Waals surface area contributed by atoms with E-state index >= 15 is 0 Å². The Balaban J connectivity index is 2.15. The monoisotopic (exact) mass is 345 g/mol. The Morgan fingerprint density at radius 2 is 2.22 bits per heavy atom. The Kier molecular flexibility index (Phi) is 5.43. The fourth-order valence-electron chi connectivity index (χ4n) is 3.04. The molecule has 3 atom stereocenters. The van der Waals surface area contributed by atoms with Gasteiger partial charge in [-0.2, -0.15) is 14.0 Å². The molecular formula is C16H19ClF3N3. The summed E-state index contributed by atoms with van der Waals surface area (Å²) < 4.78 is 41.3. The van der Waals surface area contributed by atoms with Gasteiger partial charge in [0.05, 0.1) is 10.6 Å². The summed E-state index contributed by atoms with van der Waals surface area (Å²) in [7, 11) is 0. The minimum absolute atomic E-state index is 0.126. The fourth-order valence-corrected chi connectivity index (χ4v) is 3.26. The number of rotatable bonds is 5. The first kappa shape index (κ1) is 17.9. The second-order valence-corrected chi connectivity index (χ2v) is 6.13.